The van der Waals surface area contributed by atoms with Gasteiger partial charge in [-0.2, -0.15) is 0 Å². The second kappa shape index (κ2) is 8.34. The van der Waals surface area contributed by atoms with Crippen LogP contribution in [0.3, 0.4) is 0 Å². The van der Waals surface area contributed by atoms with E-state index in [1.807, 2.05) is 18.2 Å². The molecule has 0 aliphatic heterocycles. The summed E-state index contributed by atoms with van der Waals surface area (Å²) in [6.45, 7) is 6.68. The van der Waals surface area contributed by atoms with E-state index in [2.05, 4.69) is 20.8 Å². The Hall–Kier alpha value is -0.0931. The van der Waals surface area contributed by atoms with Crippen LogP contribution in [-0.2, 0) is 4.43 Å². The van der Waals surface area contributed by atoms with E-state index in [-0.39, 0.29) is 6.10 Å². The predicted octanol–water partition coefficient (Wildman–Crippen LogP) is 8.51. The first-order chi connectivity index (χ1) is 12.8. The Morgan fingerprint density at radius 3 is 2.11 bits per heavy atom. The number of rotatable bonds is 10. The molecule has 2 fully saturated rings. The number of hydrogen-bond donors (Lipinski definition) is 0. The van der Waals surface area contributed by atoms with E-state index < -0.39 is 14.0 Å². The fourth-order valence-corrected chi connectivity index (χ4v) is 8.47. The molecule has 0 N–H and O–H groups in total. The van der Waals surface area contributed by atoms with Crippen LogP contribution in [0.4, 0.5) is 4.39 Å². The number of halogens is 3. The smallest absolute Gasteiger partial charge is 0.192 e. The van der Waals surface area contributed by atoms with Crippen molar-refractivity contribution >= 4 is 31.5 Å². The lowest BCUT2D eigenvalue weighted by Crippen LogP contribution is -2.41. The fourth-order valence-electron chi connectivity index (χ4n) is 4.99. The maximum absolute atomic E-state index is 14.9. The van der Waals surface area contributed by atoms with Crippen LogP contribution in [0.5, 0.6) is 0 Å². The minimum Gasteiger partial charge on any atom is -0.410 e. The zero-order valence-corrected chi connectivity index (χ0v) is 19.4. The molecule has 0 amide bonds. The van der Waals surface area contributed by atoms with Crippen LogP contribution in [0.1, 0.15) is 77.4 Å². The summed E-state index contributed by atoms with van der Waals surface area (Å²) in [4.78, 5) is 0. The molecule has 27 heavy (non-hydrogen) atoms. The van der Waals surface area contributed by atoms with E-state index in [9.17, 15) is 4.39 Å². The van der Waals surface area contributed by atoms with Crippen molar-refractivity contribution in [3.63, 3.8) is 0 Å². The molecule has 0 aromatic heterocycles. The summed E-state index contributed by atoms with van der Waals surface area (Å²) in [5.41, 5.74) is 0.346. The van der Waals surface area contributed by atoms with E-state index in [1.165, 1.54) is 12.8 Å². The van der Waals surface area contributed by atoms with Crippen molar-refractivity contribution in [1.29, 1.82) is 0 Å². The van der Waals surface area contributed by atoms with E-state index in [1.54, 1.807) is 0 Å². The third-order valence-electron chi connectivity index (χ3n) is 7.08. The van der Waals surface area contributed by atoms with E-state index >= 15 is 0 Å². The molecule has 2 saturated carbocycles. The highest BCUT2D eigenvalue weighted by Crippen LogP contribution is 2.67. The van der Waals surface area contributed by atoms with Crippen LogP contribution in [0, 0.1) is 5.41 Å². The zero-order valence-electron chi connectivity index (χ0n) is 16.9. The molecule has 152 valence electrons. The normalized spacial score (nSPS) is 21.1. The summed E-state index contributed by atoms with van der Waals surface area (Å²) in [5.74, 6) is 0. The molecule has 1 aromatic rings. The van der Waals surface area contributed by atoms with Crippen LogP contribution in [0.2, 0.25) is 28.2 Å². The summed E-state index contributed by atoms with van der Waals surface area (Å²) in [7, 11) is -1.82. The van der Waals surface area contributed by atoms with Crippen molar-refractivity contribution in [2.24, 2.45) is 5.41 Å². The van der Waals surface area contributed by atoms with Crippen LogP contribution < -0.4 is 0 Å². The molecule has 1 atom stereocenters. The Morgan fingerprint density at radius 2 is 1.63 bits per heavy atom. The summed E-state index contributed by atoms with van der Waals surface area (Å²) in [5, 5.41) is 1.32. The van der Waals surface area contributed by atoms with Gasteiger partial charge in [0.15, 0.2) is 8.32 Å². The van der Waals surface area contributed by atoms with Crippen molar-refractivity contribution in [2.75, 3.05) is 0 Å². The predicted molar refractivity (Wildman–Crippen MR) is 116 cm³/mol. The maximum Gasteiger partial charge on any atom is 0.192 e. The molecule has 0 radical (unpaired) electrons. The summed E-state index contributed by atoms with van der Waals surface area (Å²) in [6, 6.07) is 8.86. The second-order valence-electron chi connectivity index (χ2n) is 8.88. The number of hydrogen-bond acceptors (Lipinski definition) is 1. The van der Waals surface area contributed by atoms with Crippen LogP contribution in [-0.4, -0.2) is 14.0 Å². The Bertz CT molecular complexity index is 621. The van der Waals surface area contributed by atoms with Crippen molar-refractivity contribution in [3.05, 3.63) is 33.8 Å². The first-order valence-electron chi connectivity index (χ1n) is 10.6. The van der Waals surface area contributed by atoms with Gasteiger partial charge in [0, 0.05) is 15.6 Å². The lowest BCUT2D eigenvalue weighted by Gasteiger charge is -2.43. The van der Waals surface area contributed by atoms with E-state index in [0.717, 1.165) is 49.4 Å². The minimum absolute atomic E-state index is 0.128. The third kappa shape index (κ3) is 4.74. The molecule has 1 spiro atoms. The van der Waals surface area contributed by atoms with Gasteiger partial charge in [-0.3, -0.25) is 0 Å². The Labute approximate surface area is 175 Å². The highest BCUT2D eigenvalue weighted by Gasteiger charge is 2.61. The van der Waals surface area contributed by atoms with Gasteiger partial charge < -0.3 is 4.43 Å². The Morgan fingerprint density at radius 1 is 1.07 bits per heavy atom. The number of alkyl halides is 1. The largest absolute Gasteiger partial charge is 0.410 e. The Balaban J connectivity index is 1.71. The molecule has 0 heterocycles. The van der Waals surface area contributed by atoms with Gasteiger partial charge in [0.25, 0.3) is 0 Å². The second-order valence-corrected chi connectivity index (χ2v) is 14.4. The zero-order chi connectivity index (χ0) is 19.7. The topological polar surface area (TPSA) is 9.23 Å². The standard InChI is InChI=1S/C22H33Cl2FOSi/c1-4-27(5-2,6-3)26-19(20-17(23)9-7-10-18(20)24)11-8-12-22(25)15-21(16-22)13-14-21/h7,9-10,19H,4-6,8,11-16H2,1-3H3. The lowest BCUT2D eigenvalue weighted by atomic mass is 9.67. The molecule has 2 aliphatic carbocycles. The van der Waals surface area contributed by atoms with Crippen LogP contribution in [0.25, 0.3) is 0 Å². The molecule has 1 aromatic carbocycles. The molecule has 1 nitrogen and oxygen atoms in total. The highest BCUT2D eigenvalue weighted by atomic mass is 35.5. The molecular formula is C22H33Cl2FOSi. The average Bonchev–Trinajstić information content (AvgIpc) is 3.38. The summed E-state index contributed by atoms with van der Waals surface area (Å²) in [6.07, 6.45) is 6.13. The van der Waals surface area contributed by atoms with Gasteiger partial charge in [0.05, 0.1) is 6.10 Å². The molecular weight excluding hydrogens is 398 g/mol. The summed E-state index contributed by atoms with van der Waals surface area (Å²) >= 11 is 13.0. The SMILES string of the molecule is CC[Si](CC)(CC)OC(CCCC1(F)CC2(CC2)C1)c1c(Cl)cccc1Cl. The molecule has 2 aliphatic rings. The van der Waals surface area contributed by atoms with Crippen LogP contribution in [0.15, 0.2) is 18.2 Å². The van der Waals surface area contributed by atoms with Crippen molar-refractivity contribution < 1.29 is 8.82 Å². The first kappa shape index (κ1) is 21.6. The van der Waals surface area contributed by atoms with Gasteiger partial charge in [0.2, 0.25) is 0 Å². The van der Waals surface area contributed by atoms with Gasteiger partial charge in [0.1, 0.15) is 5.67 Å². The molecule has 5 heteroatoms. The van der Waals surface area contributed by atoms with Crippen molar-refractivity contribution in [3.8, 4) is 0 Å². The van der Waals surface area contributed by atoms with Gasteiger partial charge in [-0.1, -0.05) is 50.0 Å². The average molecular weight is 431 g/mol. The minimum atomic E-state index is -1.82. The molecule has 1 unspecified atom stereocenters. The van der Waals surface area contributed by atoms with Gasteiger partial charge in [-0.25, -0.2) is 4.39 Å². The van der Waals surface area contributed by atoms with Crippen LogP contribution >= 0.6 is 23.2 Å². The van der Waals surface area contributed by atoms with E-state index in [4.69, 9.17) is 27.6 Å². The number of benzene rings is 1. The lowest BCUT2D eigenvalue weighted by molar-refractivity contribution is -0.0190. The van der Waals surface area contributed by atoms with Gasteiger partial charge in [-0.15, -0.1) is 0 Å². The van der Waals surface area contributed by atoms with E-state index in [0.29, 0.717) is 21.9 Å². The summed E-state index contributed by atoms with van der Waals surface area (Å²) < 4.78 is 21.7. The maximum atomic E-state index is 14.9. The molecule has 0 bridgehead atoms. The van der Waals surface area contributed by atoms with Gasteiger partial charge in [-0.05, 0) is 80.6 Å². The third-order valence-corrected chi connectivity index (χ3v) is 12.4. The van der Waals surface area contributed by atoms with Crippen molar-refractivity contribution in [2.45, 2.75) is 95.6 Å². The van der Waals surface area contributed by atoms with Gasteiger partial charge >= 0.3 is 0 Å². The first-order valence-corrected chi connectivity index (χ1v) is 13.9. The quantitative estimate of drug-likeness (QED) is 0.337. The van der Waals surface area contributed by atoms with Crippen molar-refractivity contribution in [1.82, 2.24) is 0 Å². The molecule has 0 saturated heterocycles. The molecule has 3 rings (SSSR count). The highest BCUT2D eigenvalue weighted by molar-refractivity contribution is 6.73. The Kier molecular flexibility index (Phi) is 6.67. The fraction of sp³-hybridized carbons (Fsp3) is 0.727. The monoisotopic (exact) mass is 430 g/mol.